The summed E-state index contributed by atoms with van der Waals surface area (Å²) in [5.74, 6) is 0.733. The Balaban J connectivity index is 2.77. The Bertz CT molecular complexity index is 531. The van der Waals surface area contributed by atoms with Crippen molar-refractivity contribution in [2.45, 2.75) is 6.92 Å². The maximum absolute atomic E-state index is 11.2. The first-order valence-electron chi connectivity index (χ1n) is 4.25. The quantitative estimate of drug-likeness (QED) is 0.736. The Morgan fingerprint density at radius 2 is 2.21 bits per heavy atom. The first kappa shape index (κ1) is 8.74. The molecule has 14 heavy (non-hydrogen) atoms. The highest BCUT2D eigenvalue weighted by Gasteiger charge is 2.01. The average molecular weight is 190 g/mol. The summed E-state index contributed by atoms with van der Waals surface area (Å²) in [7, 11) is 1.60. The standard InChI is InChI=1S/C10H10N2O2/c1-6-10(13)12-8-4-3-7(14-2)5-9(8)11-6/h3-5H,1-2H3,(H,12,13). The number of benzene rings is 1. The van der Waals surface area contributed by atoms with Crippen molar-refractivity contribution in [1.29, 1.82) is 0 Å². The molecule has 0 bridgehead atoms. The summed E-state index contributed by atoms with van der Waals surface area (Å²) >= 11 is 0. The number of nitrogens with zero attached hydrogens (tertiary/aromatic N) is 1. The maximum Gasteiger partial charge on any atom is 0.269 e. The molecule has 1 heterocycles. The third-order valence-electron chi connectivity index (χ3n) is 2.07. The van der Waals surface area contributed by atoms with E-state index in [1.165, 1.54) is 0 Å². The van der Waals surface area contributed by atoms with Crippen LogP contribution in [-0.2, 0) is 0 Å². The lowest BCUT2D eigenvalue weighted by molar-refractivity contribution is 0.415. The third kappa shape index (κ3) is 1.35. The van der Waals surface area contributed by atoms with Gasteiger partial charge in [0.2, 0.25) is 0 Å². The molecule has 0 saturated heterocycles. The van der Waals surface area contributed by atoms with Crippen molar-refractivity contribution in [2.75, 3.05) is 7.11 Å². The summed E-state index contributed by atoms with van der Waals surface area (Å²) in [5.41, 5.74) is 1.77. The van der Waals surface area contributed by atoms with Gasteiger partial charge in [-0.1, -0.05) is 0 Å². The first-order chi connectivity index (χ1) is 6.70. The number of aromatic amines is 1. The third-order valence-corrected chi connectivity index (χ3v) is 2.07. The summed E-state index contributed by atoms with van der Waals surface area (Å²) in [5, 5.41) is 0. The molecule has 0 aliphatic heterocycles. The van der Waals surface area contributed by atoms with Crippen molar-refractivity contribution in [3.8, 4) is 5.75 Å². The minimum atomic E-state index is -0.150. The lowest BCUT2D eigenvalue weighted by atomic mass is 10.3. The summed E-state index contributed by atoms with van der Waals surface area (Å²) in [6.07, 6.45) is 0. The highest BCUT2D eigenvalue weighted by Crippen LogP contribution is 2.16. The van der Waals surface area contributed by atoms with Crippen molar-refractivity contribution in [3.05, 3.63) is 34.2 Å². The number of ether oxygens (including phenoxy) is 1. The van der Waals surface area contributed by atoms with Crippen LogP contribution in [0.25, 0.3) is 11.0 Å². The normalized spacial score (nSPS) is 10.4. The van der Waals surface area contributed by atoms with Gasteiger partial charge in [-0.25, -0.2) is 4.98 Å². The van der Waals surface area contributed by atoms with Gasteiger partial charge in [-0.2, -0.15) is 0 Å². The van der Waals surface area contributed by atoms with Gasteiger partial charge in [0.05, 0.1) is 18.1 Å². The van der Waals surface area contributed by atoms with Crippen molar-refractivity contribution in [2.24, 2.45) is 0 Å². The van der Waals surface area contributed by atoms with Crippen LogP contribution >= 0.6 is 0 Å². The van der Waals surface area contributed by atoms with Crippen LogP contribution in [-0.4, -0.2) is 17.1 Å². The second-order valence-electron chi connectivity index (χ2n) is 3.03. The fraction of sp³-hybridized carbons (Fsp3) is 0.200. The lowest BCUT2D eigenvalue weighted by Gasteiger charge is -2.01. The number of nitrogens with one attached hydrogen (secondary N) is 1. The zero-order valence-electron chi connectivity index (χ0n) is 8.00. The molecule has 0 radical (unpaired) electrons. The van der Waals surface area contributed by atoms with Gasteiger partial charge in [0.25, 0.3) is 5.56 Å². The molecule has 1 aromatic heterocycles. The summed E-state index contributed by atoms with van der Waals surface area (Å²) in [4.78, 5) is 18.1. The van der Waals surface area contributed by atoms with Crippen LogP contribution < -0.4 is 10.3 Å². The van der Waals surface area contributed by atoms with Crippen LogP contribution in [0.4, 0.5) is 0 Å². The Hall–Kier alpha value is -1.84. The van der Waals surface area contributed by atoms with Gasteiger partial charge in [-0.05, 0) is 19.1 Å². The van der Waals surface area contributed by atoms with Crippen LogP contribution in [0.1, 0.15) is 5.69 Å². The molecule has 0 fully saturated rings. The molecule has 0 atom stereocenters. The Kier molecular flexibility index (Phi) is 1.96. The van der Waals surface area contributed by atoms with E-state index in [1.807, 2.05) is 0 Å². The highest BCUT2D eigenvalue weighted by atomic mass is 16.5. The van der Waals surface area contributed by atoms with E-state index < -0.39 is 0 Å². The van der Waals surface area contributed by atoms with Crippen molar-refractivity contribution < 1.29 is 4.74 Å². The molecule has 0 spiro atoms. The van der Waals surface area contributed by atoms with Crippen LogP contribution in [0.15, 0.2) is 23.0 Å². The van der Waals surface area contributed by atoms with Crippen LogP contribution in [0.2, 0.25) is 0 Å². The molecule has 0 unspecified atom stereocenters. The molecule has 0 saturated carbocycles. The van der Waals surface area contributed by atoms with Crippen LogP contribution in [0.5, 0.6) is 5.75 Å². The van der Waals surface area contributed by atoms with Gasteiger partial charge in [-0.3, -0.25) is 4.79 Å². The molecule has 2 rings (SSSR count). The number of aromatic nitrogens is 2. The Morgan fingerprint density at radius 1 is 1.43 bits per heavy atom. The summed E-state index contributed by atoms with van der Waals surface area (Å²) in [6.45, 7) is 1.68. The second kappa shape index (κ2) is 3.14. The Morgan fingerprint density at radius 3 is 2.93 bits per heavy atom. The summed E-state index contributed by atoms with van der Waals surface area (Å²) < 4.78 is 5.06. The molecule has 1 aromatic carbocycles. The molecule has 0 aliphatic rings. The number of aryl methyl sites for hydroxylation is 1. The predicted octanol–water partition coefficient (Wildman–Crippen LogP) is 1.24. The maximum atomic E-state index is 11.2. The van der Waals surface area contributed by atoms with Gasteiger partial charge in [0.15, 0.2) is 0 Å². The monoisotopic (exact) mass is 190 g/mol. The molecule has 72 valence electrons. The highest BCUT2D eigenvalue weighted by molar-refractivity contribution is 5.75. The van der Waals surface area contributed by atoms with E-state index in [0.717, 1.165) is 16.8 Å². The van der Waals surface area contributed by atoms with E-state index >= 15 is 0 Å². The van der Waals surface area contributed by atoms with Crippen molar-refractivity contribution >= 4 is 11.0 Å². The molecule has 0 amide bonds. The largest absolute Gasteiger partial charge is 0.497 e. The number of hydrogen-bond acceptors (Lipinski definition) is 3. The fourth-order valence-electron chi connectivity index (χ4n) is 1.28. The van der Waals surface area contributed by atoms with Crippen LogP contribution in [0, 0.1) is 6.92 Å². The molecule has 4 nitrogen and oxygen atoms in total. The zero-order chi connectivity index (χ0) is 10.1. The van der Waals surface area contributed by atoms with Gasteiger partial charge in [-0.15, -0.1) is 0 Å². The fourth-order valence-corrected chi connectivity index (χ4v) is 1.28. The van der Waals surface area contributed by atoms with Gasteiger partial charge < -0.3 is 9.72 Å². The van der Waals surface area contributed by atoms with Crippen molar-refractivity contribution in [1.82, 2.24) is 9.97 Å². The number of rotatable bonds is 1. The second-order valence-corrected chi connectivity index (χ2v) is 3.03. The molecular formula is C10H10N2O2. The van der Waals surface area contributed by atoms with Gasteiger partial charge in [0, 0.05) is 6.07 Å². The SMILES string of the molecule is COc1ccc2[nH]c(=O)c(C)nc2c1. The van der Waals surface area contributed by atoms with E-state index in [0.29, 0.717) is 5.69 Å². The van der Waals surface area contributed by atoms with Gasteiger partial charge >= 0.3 is 0 Å². The van der Waals surface area contributed by atoms with Crippen molar-refractivity contribution in [3.63, 3.8) is 0 Å². The van der Waals surface area contributed by atoms with E-state index in [4.69, 9.17) is 4.74 Å². The van der Waals surface area contributed by atoms with E-state index in [9.17, 15) is 4.79 Å². The Labute approximate surface area is 80.6 Å². The molecule has 1 N–H and O–H groups in total. The number of hydrogen-bond donors (Lipinski definition) is 1. The smallest absolute Gasteiger partial charge is 0.269 e. The number of fused-ring (bicyclic) bond motifs is 1. The minimum Gasteiger partial charge on any atom is -0.497 e. The number of H-pyrrole nitrogens is 1. The van der Waals surface area contributed by atoms with Crippen LogP contribution in [0.3, 0.4) is 0 Å². The molecular weight excluding hydrogens is 180 g/mol. The topological polar surface area (TPSA) is 55.0 Å². The van der Waals surface area contributed by atoms with E-state index in [-0.39, 0.29) is 5.56 Å². The minimum absolute atomic E-state index is 0.150. The van der Waals surface area contributed by atoms with E-state index in [1.54, 1.807) is 32.2 Å². The molecule has 4 heteroatoms. The molecule has 2 aromatic rings. The van der Waals surface area contributed by atoms with E-state index in [2.05, 4.69) is 9.97 Å². The first-order valence-corrected chi connectivity index (χ1v) is 4.25. The lowest BCUT2D eigenvalue weighted by Crippen LogP contribution is -2.11. The molecule has 0 aliphatic carbocycles. The van der Waals surface area contributed by atoms with Gasteiger partial charge in [0.1, 0.15) is 11.4 Å². The predicted molar refractivity (Wildman–Crippen MR) is 53.7 cm³/mol. The average Bonchev–Trinajstić information content (AvgIpc) is 2.19. The zero-order valence-corrected chi connectivity index (χ0v) is 8.00. The number of methoxy groups -OCH3 is 1. The summed E-state index contributed by atoms with van der Waals surface area (Å²) in [6, 6.07) is 5.36.